The normalized spacial score (nSPS) is 14.6. The van der Waals surface area contributed by atoms with Gasteiger partial charge >= 0.3 is 0 Å². The zero-order valence-electron chi connectivity index (χ0n) is 18.8. The maximum Gasteiger partial charge on any atom is 0.267 e. The van der Waals surface area contributed by atoms with Gasteiger partial charge in [0.25, 0.3) is 5.91 Å². The number of anilines is 1. The third kappa shape index (κ3) is 4.46. The highest BCUT2D eigenvalue weighted by Crippen LogP contribution is 2.36. The number of morpholine rings is 1. The number of carbonyl (C=O) groups is 1. The van der Waals surface area contributed by atoms with Gasteiger partial charge in [-0.15, -0.1) is 0 Å². The number of rotatable bonds is 6. The molecule has 1 fully saturated rings. The van der Waals surface area contributed by atoms with Crippen LogP contribution in [0, 0.1) is 6.92 Å². The van der Waals surface area contributed by atoms with E-state index >= 15 is 0 Å². The summed E-state index contributed by atoms with van der Waals surface area (Å²) in [6, 6.07) is 10.7. The number of para-hydroxylation sites is 1. The van der Waals surface area contributed by atoms with Crippen LogP contribution in [0.2, 0.25) is 5.02 Å². The minimum Gasteiger partial charge on any atom is -0.463 e. The Labute approximate surface area is 205 Å². The smallest absolute Gasteiger partial charge is 0.267 e. The summed E-state index contributed by atoms with van der Waals surface area (Å²) in [5.41, 5.74) is 1.84. The molecule has 0 spiro atoms. The molecule has 1 aliphatic heterocycles. The Balaban J connectivity index is 1.50. The molecule has 1 aliphatic rings. The van der Waals surface area contributed by atoms with Crippen molar-refractivity contribution in [2.45, 2.75) is 13.3 Å². The molecule has 5 rings (SSSR count). The Bertz CT molecular complexity index is 1370. The van der Waals surface area contributed by atoms with Crippen LogP contribution in [0.1, 0.15) is 22.3 Å². The van der Waals surface area contributed by atoms with Gasteiger partial charge in [0.15, 0.2) is 5.13 Å². The maximum absolute atomic E-state index is 13.7. The minimum atomic E-state index is -0.422. The number of hydrogen-bond donors (Lipinski definition) is 0. The standard InChI is InChI=1S/C25H24ClN3O4S/c1-16-7-8-19(26)23-21(16)27-25(34-23)29(10-4-9-28-11-13-32-14-12-28)24(31)18-15-33-20-6-3-2-5-17(20)22(18)30/h2-3,5-8,15H,4,9-14H2,1H3. The summed E-state index contributed by atoms with van der Waals surface area (Å²) in [4.78, 5) is 35.5. The maximum atomic E-state index is 13.7. The third-order valence-corrected chi connectivity index (χ3v) is 7.57. The van der Waals surface area contributed by atoms with E-state index in [2.05, 4.69) is 4.90 Å². The van der Waals surface area contributed by atoms with Crippen molar-refractivity contribution in [3.05, 3.63) is 69.0 Å². The number of amides is 1. The van der Waals surface area contributed by atoms with Crippen LogP contribution in [0.4, 0.5) is 5.13 Å². The minimum absolute atomic E-state index is 0.00727. The topological polar surface area (TPSA) is 75.9 Å². The molecule has 0 N–H and O–H groups in total. The molecule has 0 saturated carbocycles. The monoisotopic (exact) mass is 497 g/mol. The van der Waals surface area contributed by atoms with Gasteiger partial charge in [0.2, 0.25) is 5.43 Å². The van der Waals surface area contributed by atoms with Crippen molar-refractivity contribution >= 4 is 55.2 Å². The summed E-state index contributed by atoms with van der Waals surface area (Å²) in [5.74, 6) is -0.422. The van der Waals surface area contributed by atoms with Crippen LogP contribution in [0.3, 0.4) is 0 Å². The zero-order chi connectivity index (χ0) is 23.7. The van der Waals surface area contributed by atoms with Gasteiger partial charge in [0, 0.05) is 26.2 Å². The molecule has 2 aromatic carbocycles. The van der Waals surface area contributed by atoms with Gasteiger partial charge in [-0.3, -0.25) is 19.4 Å². The average molecular weight is 498 g/mol. The first-order valence-electron chi connectivity index (χ1n) is 11.2. The van der Waals surface area contributed by atoms with E-state index in [4.69, 9.17) is 25.7 Å². The molecule has 2 aromatic heterocycles. The van der Waals surface area contributed by atoms with Gasteiger partial charge in [0.1, 0.15) is 17.4 Å². The number of fused-ring (bicyclic) bond motifs is 2. The Morgan fingerprint density at radius 3 is 2.79 bits per heavy atom. The van der Waals surface area contributed by atoms with Crippen molar-refractivity contribution < 1.29 is 13.9 Å². The summed E-state index contributed by atoms with van der Waals surface area (Å²) in [7, 11) is 0. The van der Waals surface area contributed by atoms with E-state index in [1.54, 1.807) is 29.2 Å². The molecule has 176 valence electrons. The van der Waals surface area contributed by atoms with E-state index < -0.39 is 5.91 Å². The Hall–Kier alpha value is -2.78. The number of aromatic nitrogens is 1. The Morgan fingerprint density at radius 1 is 1.21 bits per heavy atom. The van der Waals surface area contributed by atoms with Crippen molar-refractivity contribution in [3.8, 4) is 0 Å². The van der Waals surface area contributed by atoms with Gasteiger partial charge < -0.3 is 9.15 Å². The second-order valence-electron chi connectivity index (χ2n) is 8.28. The van der Waals surface area contributed by atoms with Crippen molar-refractivity contribution in [1.82, 2.24) is 9.88 Å². The summed E-state index contributed by atoms with van der Waals surface area (Å²) >= 11 is 7.78. The molecular formula is C25H24ClN3O4S. The fourth-order valence-electron chi connectivity index (χ4n) is 4.14. The van der Waals surface area contributed by atoms with Crippen LogP contribution in [-0.2, 0) is 4.74 Å². The van der Waals surface area contributed by atoms with Crippen LogP contribution >= 0.6 is 22.9 Å². The molecule has 1 amide bonds. The van der Waals surface area contributed by atoms with E-state index in [1.165, 1.54) is 17.6 Å². The summed E-state index contributed by atoms with van der Waals surface area (Å²) < 4.78 is 11.9. The highest BCUT2D eigenvalue weighted by Gasteiger charge is 2.26. The number of nitrogens with zero attached hydrogens (tertiary/aromatic N) is 3. The quantitative estimate of drug-likeness (QED) is 0.383. The molecule has 0 radical (unpaired) electrons. The van der Waals surface area contributed by atoms with Gasteiger partial charge in [-0.05, 0) is 37.1 Å². The molecular weight excluding hydrogens is 474 g/mol. The highest BCUT2D eigenvalue weighted by atomic mass is 35.5. The van der Waals surface area contributed by atoms with Crippen molar-refractivity contribution in [2.75, 3.05) is 44.3 Å². The fourth-order valence-corrected chi connectivity index (χ4v) is 5.48. The second-order valence-corrected chi connectivity index (χ2v) is 9.66. The summed E-state index contributed by atoms with van der Waals surface area (Å²) in [6.07, 6.45) is 1.99. The first-order chi connectivity index (χ1) is 16.5. The van der Waals surface area contributed by atoms with Crippen LogP contribution in [-0.4, -0.2) is 55.2 Å². The number of aryl methyl sites for hydroxylation is 1. The Kier molecular flexibility index (Phi) is 6.65. The lowest BCUT2D eigenvalue weighted by molar-refractivity contribution is 0.0376. The molecule has 0 aliphatic carbocycles. The van der Waals surface area contributed by atoms with Crippen LogP contribution in [0.25, 0.3) is 21.2 Å². The van der Waals surface area contributed by atoms with Gasteiger partial charge in [-0.25, -0.2) is 4.98 Å². The van der Waals surface area contributed by atoms with E-state index in [0.717, 1.165) is 55.0 Å². The second kappa shape index (κ2) is 9.84. The van der Waals surface area contributed by atoms with Crippen LogP contribution in [0.15, 0.2) is 51.9 Å². The van der Waals surface area contributed by atoms with Crippen molar-refractivity contribution in [3.63, 3.8) is 0 Å². The number of halogens is 1. The van der Waals surface area contributed by atoms with Gasteiger partial charge in [-0.1, -0.05) is 41.1 Å². The van der Waals surface area contributed by atoms with E-state index in [0.29, 0.717) is 27.7 Å². The Morgan fingerprint density at radius 2 is 2.00 bits per heavy atom. The summed E-state index contributed by atoms with van der Waals surface area (Å²) in [6.45, 7) is 6.39. The predicted molar refractivity (Wildman–Crippen MR) is 135 cm³/mol. The predicted octanol–water partition coefficient (Wildman–Crippen LogP) is 4.73. The first kappa shape index (κ1) is 23.0. The lowest BCUT2D eigenvalue weighted by Gasteiger charge is -2.27. The van der Waals surface area contributed by atoms with Crippen molar-refractivity contribution in [1.29, 1.82) is 0 Å². The lowest BCUT2D eigenvalue weighted by Crippen LogP contribution is -2.40. The van der Waals surface area contributed by atoms with Crippen molar-refractivity contribution in [2.24, 2.45) is 0 Å². The average Bonchev–Trinajstić information content (AvgIpc) is 3.31. The molecule has 0 bridgehead atoms. The number of benzene rings is 2. The fraction of sp³-hybridized carbons (Fsp3) is 0.320. The molecule has 0 atom stereocenters. The highest BCUT2D eigenvalue weighted by molar-refractivity contribution is 7.23. The van der Waals surface area contributed by atoms with Crippen LogP contribution in [0.5, 0.6) is 0 Å². The van der Waals surface area contributed by atoms with E-state index in [1.807, 2.05) is 19.1 Å². The van der Waals surface area contributed by atoms with Gasteiger partial charge in [-0.2, -0.15) is 0 Å². The molecule has 0 unspecified atom stereocenters. The lowest BCUT2D eigenvalue weighted by atomic mass is 10.1. The molecule has 4 aromatic rings. The number of hydrogen-bond acceptors (Lipinski definition) is 7. The van der Waals surface area contributed by atoms with E-state index in [-0.39, 0.29) is 11.0 Å². The number of thiazole rings is 1. The van der Waals surface area contributed by atoms with Crippen LogP contribution < -0.4 is 10.3 Å². The van der Waals surface area contributed by atoms with E-state index in [9.17, 15) is 9.59 Å². The zero-order valence-corrected chi connectivity index (χ0v) is 20.3. The SMILES string of the molecule is Cc1ccc(Cl)c2sc(N(CCCN3CCOCC3)C(=O)c3coc4ccccc4c3=O)nc12. The molecule has 1 saturated heterocycles. The molecule has 34 heavy (non-hydrogen) atoms. The first-order valence-corrected chi connectivity index (χ1v) is 12.4. The van der Waals surface area contributed by atoms with Gasteiger partial charge in [0.05, 0.1) is 33.8 Å². The number of carbonyl (C=O) groups excluding carboxylic acids is 1. The number of ether oxygens (including phenoxy) is 1. The molecule has 3 heterocycles. The largest absolute Gasteiger partial charge is 0.463 e. The molecule has 9 heteroatoms. The third-order valence-electron chi connectivity index (χ3n) is 6.03. The summed E-state index contributed by atoms with van der Waals surface area (Å²) in [5, 5.41) is 1.49. The molecule has 7 nitrogen and oxygen atoms in total.